The molecule has 102 valence electrons. The van der Waals surface area contributed by atoms with Gasteiger partial charge in [-0.15, -0.1) is 6.42 Å². The zero-order chi connectivity index (χ0) is 14.4. The van der Waals surface area contributed by atoms with Gasteiger partial charge in [-0.1, -0.05) is 49.1 Å². The average Bonchev–Trinajstić information content (AvgIpc) is 2.48. The van der Waals surface area contributed by atoms with Gasteiger partial charge in [0.15, 0.2) is 0 Å². The van der Waals surface area contributed by atoms with Gasteiger partial charge in [0.1, 0.15) is 0 Å². The van der Waals surface area contributed by atoms with Crippen LogP contribution in [0.25, 0.3) is 0 Å². The third-order valence-corrected chi connectivity index (χ3v) is 3.47. The molecule has 0 aromatic heterocycles. The van der Waals surface area contributed by atoms with Gasteiger partial charge in [0.2, 0.25) is 0 Å². The number of halogens is 1. The predicted octanol–water partition coefficient (Wildman–Crippen LogP) is 5.27. The Morgan fingerprint density at radius 1 is 1.20 bits per heavy atom. The fourth-order valence-corrected chi connectivity index (χ4v) is 2.33. The molecular formula is C18H18ClN. The Bertz CT molecular complexity index is 596. The van der Waals surface area contributed by atoms with Crippen LogP contribution >= 0.6 is 11.6 Å². The summed E-state index contributed by atoms with van der Waals surface area (Å²) >= 11 is 5.95. The molecule has 1 unspecified atom stereocenters. The summed E-state index contributed by atoms with van der Waals surface area (Å²) in [5.41, 5.74) is 3.18. The van der Waals surface area contributed by atoms with Crippen LogP contribution in [0, 0.1) is 12.3 Å². The van der Waals surface area contributed by atoms with Crippen molar-refractivity contribution < 1.29 is 0 Å². The molecule has 0 saturated carbocycles. The number of nitrogens with one attached hydrogen (secondary N) is 1. The van der Waals surface area contributed by atoms with Crippen molar-refractivity contribution >= 4 is 17.3 Å². The lowest BCUT2D eigenvalue weighted by Crippen LogP contribution is -2.10. The Morgan fingerprint density at radius 2 is 1.95 bits per heavy atom. The molecule has 1 nitrogen and oxygen atoms in total. The molecule has 2 heteroatoms. The zero-order valence-corrected chi connectivity index (χ0v) is 12.3. The van der Waals surface area contributed by atoms with Gasteiger partial charge < -0.3 is 5.32 Å². The summed E-state index contributed by atoms with van der Waals surface area (Å²) in [6.45, 7) is 2.18. The summed E-state index contributed by atoms with van der Waals surface area (Å²) in [6.07, 6.45) is 7.61. The van der Waals surface area contributed by atoms with Gasteiger partial charge in [-0.2, -0.15) is 0 Å². The molecule has 20 heavy (non-hydrogen) atoms. The molecule has 2 aromatic rings. The van der Waals surface area contributed by atoms with E-state index in [9.17, 15) is 0 Å². The summed E-state index contributed by atoms with van der Waals surface area (Å²) in [6, 6.07) is 16.2. The number of anilines is 1. The second-order valence-corrected chi connectivity index (χ2v) is 5.20. The van der Waals surface area contributed by atoms with Crippen LogP contribution in [0.4, 0.5) is 5.69 Å². The van der Waals surface area contributed by atoms with Crippen LogP contribution in [0.3, 0.4) is 0 Å². The summed E-state index contributed by atoms with van der Waals surface area (Å²) in [5.74, 6) is 2.66. The van der Waals surface area contributed by atoms with Crippen LogP contribution in [0.1, 0.15) is 36.9 Å². The first-order valence-corrected chi connectivity index (χ1v) is 7.19. The molecule has 0 aliphatic carbocycles. The van der Waals surface area contributed by atoms with Gasteiger partial charge >= 0.3 is 0 Å². The predicted molar refractivity (Wildman–Crippen MR) is 87.1 cm³/mol. The minimum Gasteiger partial charge on any atom is -0.378 e. The van der Waals surface area contributed by atoms with Gasteiger partial charge in [0, 0.05) is 16.3 Å². The van der Waals surface area contributed by atoms with Gasteiger partial charge in [-0.05, 0) is 42.3 Å². The highest BCUT2D eigenvalue weighted by atomic mass is 35.5. The molecule has 0 amide bonds. The van der Waals surface area contributed by atoms with E-state index >= 15 is 0 Å². The van der Waals surface area contributed by atoms with E-state index in [1.54, 1.807) is 0 Å². The minimum atomic E-state index is 0.269. The van der Waals surface area contributed by atoms with E-state index in [0.717, 1.165) is 29.1 Å². The fourth-order valence-electron chi connectivity index (χ4n) is 2.21. The van der Waals surface area contributed by atoms with Crippen LogP contribution in [0.15, 0.2) is 48.5 Å². The third-order valence-electron chi connectivity index (χ3n) is 3.22. The Kier molecular flexibility index (Phi) is 5.09. The van der Waals surface area contributed by atoms with Crippen molar-refractivity contribution in [3.63, 3.8) is 0 Å². The highest BCUT2D eigenvalue weighted by molar-refractivity contribution is 6.30. The minimum absolute atomic E-state index is 0.269. The first-order chi connectivity index (χ1) is 9.72. The number of terminal acetylenes is 1. The standard InChI is InChI=1S/C18H18ClN/c1-3-6-18(15-9-11-16(19)12-10-15)20-17-8-5-7-14(4-2)13-17/h2,5,7-13,18,20H,3,6H2,1H3. The maximum atomic E-state index is 5.95. The highest BCUT2D eigenvalue weighted by Gasteiger charge is 2.10. The van der Waals surface area contributed by atoms with Crippen molar-refractivity contribution in [1.29, 1.82) is 0 Å². The van der Waals surface area contributed by atoms with Gasteiger partial charge in [0.05, 0.1) is 6.04 Å². The number of hydrogen-bond acceptors (Lipinski definition) is 1. The Hall–Kier alpha value is -1.91. The normalized spacial score (nSPS) is 11.7. The number of benzene rings is 2. The molecule has 0 fully saturated rings. The van der Waals surface area contributed by atoms with E-state index in [0.29, 0.717) is 0 Å². The van der Waals surface area contributed by atoms with E-state index in [1.807, 2.05) is 36.4 Å². The maximum Gasteiger partial charge on any atom is 0.0513 e. The van der Waals surface area contributed by atoms with Gasteiger partial charge in [-0.3, -0.25) is 0 Å². The van der Waals surface area contributed by atoms with Crippen LogP contribution in [-0.4, -0.2) is 0 Å². The molecule has 0 saturated heterocycles. The largest absolute Gasteiger partial charge is 0.378 e. The molecule has 2 aromatic carbocycles. The fraction of sp³-hybridized carbons (Fsp3) is 0.222. The molecule has 1 atom stereocenters. The molecule has 2 rings (SSSR count). The van der Waals surface area contributed by atoms with Crippen molar-refractivity contribution in [2.24, 2.45) is 0 Å². The number of rotatable bonds is 5. The molecular weight excluding hydrogens is 266 g/mol. The summed E-state index contributed by atoms with van der Waals surface area (Å²) < 4.78 is 0. The van der Waals surface area contributed by atoms with E-state index in [2.05, 4.69) is 30.3 Å². The lowest BCUT2D eigenvalue weighted by atomic mass is 10.0. The highest BCUT2D eigenvalue weighted by Crippen LogP contribution is 2.25. The molecule has 0 aliphatic heterocycles. The Labute approximate surface area is 126 Å². The summed E-state index contributed by atoms with van der Waals surface area (Å²) in [7, 11) is 0. The van der Waals surface area contributed by atoms with E-state index in [-0.39, 0.29) is 6.04 Å². The van der Waals surface area contributed by atoms with E-state index in [1.165, 1.54) is 5.56 Å². The molecule has 0 aliphatic rings. The second kappa shape index (κ2) is 7.03. The summed E-state index contributed by atoms with van der Waals surface area (Å²) in [5, 5.41) is 4.31. The third kappa shape index (κ3) is 3.79. The van der Waals surface area contributed by atoms with Crippen LogP contribution < -0.4 is 5.32 Å². The van der Waals surface area contributed by atoms with Gasteiger partial charge in [0.25, 0.3) is 0 Å². The van der Waals surface area contributed by atoms with Crippen molar-refractivity contribution in [3.8, 4) is 12.3 Å². The smallest absolute Gasteiger partial charge is 0.0513 e. The molecule has 1 N–H and O–H groups in total. The SMILES string of the molecule is C#Cc1cccc(NC(CCC)c2ccc(Cl)cc2)c1. The van der Waals surface area contributed by atoms with E-state index in [4.69, 9.17) is 18.0 Å². The monoisotopic (exact) mass is 283 g/mol. The second-order valence-electron chi connectivity index (χ2n) is 4.76. The quantitative estimate of drug-likeness (QED) is 0.737. The maximum absolute atomic E-state index is 5.95. The molecule has 0 radical (unpaired) electrons. The Morgan fingerprint density at radius 3 is 2.60 bits per heavy atom. The molecule has 0 heterocycles. The average molecular weight is 284 g/mol. The lowest BCUT2D eigenvalue weighted by Gasteiger charge is -2.20. The van der Waals surface area contributed by atoms with Gasteiger partial charge in [-0.25, -0.2) is 0 Å². The number of hydrogen-bond donors (Lipinski definition) is 1. The van der Waals surface area contributed by atoms with Crippen molar-refractivity contribution in [2.45, 2.75) is 25.8 Å². The van der Waals surface area contributed by atoms with E-state index < -0.39 is 0 Å². The topological polar surface area (TPSA) is 12.0 Å². The lowest BCUT2D eigenvalue weighted by molar-refractivity contribution is 0.677. The van der Waals surface area contributed by atoms with Crippen LogP contribution in [-0.2, 0) is 0 Å². The van der Waals surface area contributed by atoms with Crippen LogP contribution in [0.5, 0.6) is 0 Å². The molecule has 0 bridgehead atoms. The van der Waals surface area contributed by atoms with Crippen molar-refractivity contribution in [2.75, 3.05) is 5.32 Å². The Balaban J connectivity index is 2.20. The first kappa shape index (κ1) is 14.5. The first-order valence-electron chi connectivity index (χ1n) is 6.81. The van der Waals surface area contributed by atoms with Crippen molar-refractivity contribution in [3.05, 3.63) is 64.7 Å². The summed E-state index contributed by atoms with van der Waals surface area (Å²) in [4.78, 5) is 0. The zero-order valence-electron chi connectivity index (χ0n) is 11.6. The van der Waals surface area contributed by atoms with Crippen LogP contribution in [0.2, 0.25) is 5.02 Å². The van der Waals surface area contributed by atoms with Crippen molar-refractivity contribution in [1.82, 2.24) is 0 Å². The molecule has 0 spiro atoms.